The molecule has 1 N–H and O–H groups in total. The second-order valence-electron chi connectivity index (χ2n) is 2.59. The molecule has 0 spiro atoms. The van der Waals surface area contributed by atoms with Gasteiger partial charge >= 0.3 is 68.3 Å². The normalized spacial score (nSPS) is 19.6. The minimum absolute atomic E-state index is 0.611. The molecule has 1 aliphatic heterocycles. The van der Waals surface area contributed by atoms with Crippen molar-refractivity contribution in [3.63, 3.8) is 0 Å². The molecule has 0 aromatic rings. The average molecular weight is 202 g/mol. The minimum atomic E-state index is 0.611. The van der Waals surface area contributed by atoms with Gasteiger partial charge in [-0.3, -0.25) is 0 Å². The first-order valence-electron chi connectivity index (χ1n) is 3.41. The van der Waals surface area contributed by atoms with E-state index in [1.807, 2.05) is 0 Å². The zero-order valence-electron chi connectivity index (χ0n) is 6.91. The second kappa shape index (κ2) is 2.81. The SMILES string of the molecule is CC1=C(C)[Se]C(C)=C(C)N1. The Morgan fingerprint density at radius 3 is 1.60 bits per heavy atom. The van der Waals surface area contributed by atoms with Gasteiger partial charge in [0.2, 0.25) is 0 Å². The molecule has 0 amide bonds. The van der Waals surface area contributed by atoms with Gasteiger partial charge in [-0.2, -0.15) is 0 Å². The van der Waals surface area contributed by atoms with Crippen molar-refractivity contribution in [2.24, 2.45) is 0 Å². The van der Waals surface area contributed by atoms with Crippen molar-refractivity contribution in [3.05, 3.63) is 20.3 Å². The van der Waals surface area contributed by atoms with Crippen LogP contribution in [0, 0.1) is 0 Å². The Hall–Kier alpha value is -0.201. The van der Waals surface area contributed by atoms with Gasteiger partial charge in [0.1, 0.15) is 0 Å². The monoisotopic (exact) mass is 203 g/mol. The van der Waals surface area contributed by atoms with E-state index in [4.69, 9.17) is 0 Å². The summed E-state index contributed by atoms with van der Waals surface area (Å²) in [5.74, 6) is 0. The van der Waals surface area contributed by atoms with Gasteiger partial charge in [0.25, 0.3) is 0 Å². The van der Waals surface area contributed by atoms with Gasteiger partial charge in [-0.1, -0.05) is 0 Å². The molecule has 0 unspecified atom stereocenters. The van der Waals surface area contributed by atoms with Crippen LogP contribution >= 0.6 is 0 Å². The number of hydrogen-bond acceptors (Lipinski definition) is 1. The van der Waals surface area contributed by atoms with Gasteiger partial charge in [0, 0.05) is 0 Å². The van der Waals surface area contributed by atoms with E-state index in [1.54, 1.807) is 0 Å². The van der Waals surface area contributed by atoms with E-state index in [0.717, 1.165) is 0 Å². The van der Waals surface area contributed by atoms with Gasteiger partial charge < -0.3 is 0 Å². The van der Waals surface area contributed by atoms with E-state index in [2.05, 4.69) is 33.0 Å². The molecule has 1 nitrogen and oxygen atoms in total. The molecule has 0 aromatic carbocycles. The van der Waals surface area contributed by atoms with Crippen LogP contribution in [0.4, 0.5) is 0 Å². The summed E-state index contributed by atoms with van der Waals surface area (Å²) in [6, 6.07) is 0. The number of hydrogen-bond donors (Lipinski definition) is 1. The standard InChI is InChI=1S/C8H13NSe/c1-5-7(3)10-8(4)6(2)9-5/h9H,1-4H3. The number of nitrogens with one attached hydrogen (secondary N) is 1. The van der Waals surface area contributed by atoms with Crippen molar-refractivity contribution in [3.8, 4) is 0 Å². The zero-order chi connectivity index (χ0) is 7.72. The van der Waals surface area contributed by atoms with Crippen LogP contribution in [0.15, 0.2) is 20.3 Å². The van der Waals surface area contributed by atoms with Crippen molar-refractivity contribution in [1.82, 2.24) is 5.32 Å². The second-order valence-corrected chi connectivity index (χ2v) is 5.59. The predicted octanol–water partition coefficient (Wildman–Crippen LogP) is 1.80. The van der Waals surface area contributed by atoms with Crippen LogP contribution in [-0.2, 0) is 0 Å². The van der Waals surface area contributed by atoms with Gasteiger partial charge in [0.05, 0.1) is 0 Å². The molecule has 0 bridgehead atoms. The Bertz CT molecular complexity index is 169. The maximum atomic E-state index is 3.35. The van der Waals surface area contributed by atoms with Gasteiger partial charge in [-0.25, -0.2) is 0 Å². The van der Waals surface area contributed by atoms with E-state index >= 15 is 0 Å². The molecule has 1 rings (SSSR count). The van der Waals surface area contributed by atoms with Crippen molar-refractivity contribution < 1.29 is 0 Å². The van der Waals surface area contributed by atoms with Crippen molar-refractivity contribution in [2.75, 3.05) is 0 Å². The summed E-state index contributed by atoms with van der Waals surface area (Å²) in [5.41, 5.74) is 2.70. The predicted molar refractivity (Wildman–Crippen MR) is 45.6 cm³/mol. The van der Waals surface area contributed by atoms with Crippen LogP contribution in [0.5, 0.6) is 0 Å². The molecule has 0 fully saturated rings. The van der Waals surface area contributed by atoms with Crippen LogP contribution in [0.25, 0.3) is 0 Å². The van der Waals surface area contributed by atoms with Crippen LogP contribution < -0.4 is 5.32 Å². The summed E-state index contributed by atoms with van der Waals surface area (Å²) in [5, 5.41) is 3.35. The molecule has 0 radical (unpaired) electrons. The van der Waals surface area contributed by atoms with Crippen LogP contribution in [0.3, 0.4) is 0 Å². The first-order chi connectivity index (χ1) is 4.61. The molecular formula is C8H13NSe. The van der Waals surface area contributed by atoms with Crippen molar-refractivity contribution in [2.45, 2.75) is 27.7 Å². The third-order valence-corrected chi connectivity index (χ3v) is 4.31. The molecule has 0 saturated carbocycles. The van der Waals surface area contributed by atoms with E-state index in [0.29, 0.717) is 15.0 Å². The Balaban J connectivity index is 2.81. The van der Waals surface area contributed by atoms with Crippen LogP contribution in [0.2, 0.25) is 0 Å². The Kier molecular flexibility index (Phi) is 2.22. The molecule has 1 aliphatic rings. The summed E-state index contributed by atoms with van der Waals surface area (Å²) in [7, 11) is 0. The molecule has 56 valence electrons. The Morgan fingerprint density at radius 1 is 0.900 bits per heavy atom. The average Bonchev–Trinajstić information content (AvgIpc) is 1.84. The molecule has 2 heteroatoms. The Labute approximate surface area is 68.7 Å². The maximum absolute atomic E-state index is 3.35. The molecule has 0 aromatic heterocycles. The van der Waals surface area contributed by atoms with E-state index in [-0.39, 0.29) is 0 Å². The third-order valence-electron chi connectivity index (χ3n) is 1.74. The van der Waals surface area contributed by atoms with E-state index in [1.165, 1.54) is 20.3 Å². The zero-order valence-corrected chi connectivity index (χ0v) is 8.62. The first kappa shape index (κ1) is 7.90. The summed E-state index contributed by atoms with van der Waals surface area (Å²) in [6.07, 6.45) is 0. The first-order valence-corrected chi connectivity index (χ1v) is 5.12. The number of allylic oxidation sites excluding steroid dienone is 4. The summed E-state index contributed by atoms with van der Waals surface area (Å²) in [4.78, 5) is 0. The van der Waals surface area contributed by atoms with Crippen LogP contribution in [0.1, 0.15) is 27.7 Å². The van der Waals surface area contributed by atoms with E-state index in [9.17, 15) is 0 Å². The van der Waals surface area contributed by atoms with E-state index < -0.39 is 0 Å². The molecule has 0 atom stereocenters. The fourth-order valence-electron chi connectivity index (χ4n) is 0.840. The molecule has 0 saturated heterocycles. The Morgan fingerprint density at radius 2 is 1.30 bits per heavy atom. The number of rotatable bonds is 0. The van der Waals surface area contributed by atoms with Gasteiger partial charge in [-0.15, -0.1) is 0 Å². The summed E-state index contributed by atoms with van der Waals surface area (Å²) < 4.78 is 3.05. The molecular weight excluding hydrogens is 189 g/mol. The van der Waals surface area contributed by atoms with Crippen molar-refractivity contribution >= 4 is 15.0 Å². The topological polar surface area (TPSA) is 12.0 Å². The molecule has 1 heterocycles. The third kappa shape index (κ3) is 1.44. The molecule has 0 aliphatic carbocycles. The summed E-state index contributed by atoms with van der Waals surface area (Å²) >= 11 is 0.611. The van der Waals surface area contributed by atoms with Crippen LogP contribution in [-0.4, -0.2) is 15.0 Å². The quantitative estimate of drug-likeness (QED) is 0.590. The van der Waals surface area contributed by atoms with Gasteiger partial charge in [0.15, 0.2) is 0 Å². The van der Waals surface area contributed by atoms with Gasteiger partial charge in [-0.05, 0) is 0 Å². The molecule has 10 heavy (non-hydrogen) atoms. The fraction of sp³-hybridized carbons (Fsp3) is 0.500. The summed E-state index contributed by atoms with van der Waals surface area (Å²) in [6.45, 7) is 8.70. The van der Waals surface area contributed by atoms with Crippen molar-refractivity contribution in [1.29, 1.82) is 0 Å². The fourth-order valence-corrected chi connectivity index (χ4v) is 2.66.